The minimum atomic E-state index is -0.240. The zero-order chi connectivity index (χ0) is 25.6. The van der Waals surface area contributed by atoms with Gasteiger partial charge in [-0.25, -0.2) is 4.39 Å². The Hall–Kier alpha value is -3.89. The molecule has 0 bridgehead atoms. The van der Waals surface area contributed by atoms with Gasteiger partial charge in [-0.2, -0.15) is 0 Å². The molecule has 5 rings (SSSR count). The molecule has 0 aliphatic heterocycles. The van der Waals surface area contributed by atoms with Crippen LogP contribution in [-0.2, 0) is 13.0 Å². The van der Waals surface area contributed by atoms with Gasteiger partial charge in [-0.05, 0) is 53.3 Å². The second kappa shape index (κ2) is 11.4. The molecule has 0 saturated carbocycles. The van der Waals surface area contributed by atoms with Crippen molar-refractivity contribution in [2.45, 2.75) is 32.7 Å². The van der Waals surface area contributed by atoms with Crippen molar-refractivity contribution in [1.82, 2.24) is 4.57 Å². The van der Waals surface area contributed by atoms with Crippen LogP contribution in [0.25, 0.3) is 33.3 Å². The first-order valence-corrected chi connectivity index (χ1v) is 13.0. The lowest BCUT2D eigenvalue weighted by Gasteiger charge is -2.15. The van der Waals surface area contributed by atoms with Gasteiger partial charge in [0.15, 0.2) is 5.82 Å². The van der Waals surface area contributed by atoms with E-state index in [9.17, 15) is 5.11 Å². The quantitative estimate of drug-likeness (QED) is 0.201. The van der Waals surface area contributed by atoms with Crippen LogP contribution in [0.15, 0.2) is 97.1 Å². The van der Waals surface area contributed by atoms with Gasteiger partial charge in [-0.3, -0.25) is 0 Å². The first kappa shape index (κ1) is 24.8. The Morgan fingerprint density at radius 3 is 2.24 bits per heavy atom. The van der Waals surface area contributed by atoms with Gasteiger partial charge < -0.3 is 14.4 Å². The van der Waals surface area contributed by atoms with E-state index < -0.39 is 0 Å². The molecule has 1 heterocycles. The van der Waals surface area contributed by atoms with Gasteiger partial charge in [0.05, 0.1) is 17.8 Å². The Balaban J connectivity index is 1.66. The van der Waals surface area contributed by atoms with Gasteiger partial charge in [0.2, 0.25) is 0 Å². The number of unbranched alkanes of at least 4 members (excludes halogenated alkanes) is 1. The number of aliphatic hydroxyl groups excluding tert-OH is 1. The maximum absolute atomic E-state index is 16.4. The molecule has 4 aromatic carbocycles. The van der Waals surface area contributed by atoms with E-state index in [0.29, 0.717) is 36.4 Å². The van der Waals surface area contributed by atoms with Crippen molar-refractivity contribution in [2.75, 3.05) is 13.2 Å². The molecule has 0 aliphatic rings. The maximum Gasteiger partial charge on any atom is 0.156 e. The van der Waals surface area contributed by atoms with Crippen LogP contribution in [0.3, 0.4) is 0 Å². The Morgan fingerprint density at radius 2 is 1.51 bits per heavy atom. The highest BCUT2D eigenvalue weighted by atomic mass is 19.1. The van der Waals surface area contributed by atoms with E-state index in [0.717, 1.165) is 46.2 Å². The van der Waals surface area contributed by atoms with Crippen LogP contribution in [0, 0.1) is 5.82 Å². The van der Waals surface area contributed by atoms with Crippen molar-refractivity contribution in [2.24, 2.45) is 0 Å². The molecule has 1 aromatic heterocycles. The van der Waals surface area contributed by atoms with E-state index in [1.54, 1.807) is 0 Å². The lowest BCUT2D eigenvalue weighted by molar-refractivity contribution is 0.299. The second-order valence-electron chi connectivity index (χ2n) is 9.33. The third-order valence-electron chi connectivity index (χ3n) is 6.77. The minimum Gasteiger partial charge on any atom is -0.494 e. The van der Waals surface area contributed by atoms with Crippen LogP contribution in [-0.4, -0.2) is 22.9 Å². The topological polar surface area (TPSA) is 34.4 Å². The largest absolute Gasteiger partial charge is 0.494 e. The van der Waals surface area contributed by atoms with Gasteiger partial charge >= 0.3 is 0 Å². The van der Waals surface area contributed by atoms with Gasteiger partial charge in [-0.15, -0.1) is 0 Å². The highest BCUT2D eigenvalue weighted by molar-refractivity contribution is 5.93. The van der Waals surface area contributed by atoms with Crippen molar-refractivity contribution in [3.05, 3.63) is 114 Å². The molecule has 0 radical (unpaired) electrons. The number of nitrogens with zero attached hydrogens (tertiary/aromatic N) is 1. The maximum atomic E-state index is 16.4. The zero-order valence-corrected chi connectivity index (χ0v) is 21.2. The summed E-state index contributed by atoms with van der Waals surface area (Å²) in [6, 6.07) is 32.0. The van der Waals surface area contributed by atoms with Gasteiger partial charge in [0.25, 0.3) is 0 Å². The molecule has 4 heteroatoms. The van der Waals surface area contributed by atoms with E-state index in [1.165, 1.54) is 0 Å². The minimum absolute atomic E-state index is 0.121. The number of ether oxygens (including phenoxy) is 1. The van der Waals surface area contributed by atoms with Gasteiger partial charge in [0.1, 0.15) is 5.75 Å². The molecular formula is C33H32FNO2. The van der Waals surface area contributed by atoms with Crippen molar-refractivity contribution in [3.8, 4) is 28.1 Å². The number of fused-ring (bicyclic) bond motifs is 1. The SMILES string of the molecule is CCCCOc1ccc2c(c1)c(F)c(-c1ccccc1-c1ccccc1)n2Cc1ccc(CCO)cc1. The summed E-state index contributed by atoms with van der Waals surface area (Å²) in [6.45, 7) is 3.39. The molecule has 0 fully saturated rings. The van der Waals surface area contributed by atoms with E-state index in [4.69, 9.17) is 4.74 Å². The molecule has 37 heavy (non-hydrogen) atoms. The summed E-state index contributed by atoms with van der Waals surface area (Å²) in [5, 5.41) is 9.82. The number of halogens is 1. The fraction of sp³-hybridized carbons (Fsp3) is 0.212. The number of rotatable bonds is 10. The smallest absolute Gasteiger partial charge is 0.156 e. The number of benzene rings is 4. The summed E-state index contributed by atoms with van der Waals surface area (Å²) in [7, 11) is 0. The normalized spacial score (nSPS) is 11.2. The van der Waals surface area contributed by atoms with Gasteiger partial charge in [0, 0.05) is 24.1 Å². The molecule has 188 valence electrons. The lowest BCUT2D eigenvalue weighted by Crippen LogP contribution is -2.04. The average molecular weight is 494 g/mol. The molecule has 0 spiro atoms. The second-order valence-corrected chi connectivity index (χ2v) is 9.33. The summed E-state index contributed by atoms with van der Waals surface area (Å²) >= 11 is 0. The fourth-order valence-electron chi connectivity index (χ4n) is 4.83. The Labute approximate surface area is 217 Å². The first-order chi connectivity index (χ1) is 18.2. The van der Waals surface area contributed by atoms with Crippen molar-refractivity contribution < 1.29 is 14.2 Å². The van der Waals surface area contributed by atoms with Crippen molar-refractivity contribution in [1.29, 1.82) is 0 Å². The zero-order valence-electron chi connectivity index (χ0n) is 21.2. The molecule has 0 aliphatic carbocycles. The molecule has 0 atom stereocenters. The van der Waals surface area contributed by atoms with E-state index >= 15 is 4.39 Å². The summed E-state index contributed by atoms with van der Waals surface area (Å²) < 4.78 is 24.4. The lowest BCUT2D eigenvalue weighted by atomic mass is 9.97. The number of hydrogen-bond donors (Lipinski definition) is 1. The molecule has 0 amide bonds. The van der Waals surface area contributed by atoms with Crippen LogP contribution in [0.2, 0.25) is 0 Å². The summed E-state index contributed by atoms with van der Waals surface area (Å²) in [4.78, 5) is 0. The van der Waals surface area contributed by atoms with Crippen LogP contribution < -0.4 is 4.74 Å². The monoisotopic (exact) mass is 493 g/mol. The summed E-state index contributed by atoms with van der Waals surface area (Å²) in [5.41, 5.74) is 6.44. The van der Waals surface area contributed by atoms with Gasteiger partial charge in [-0.1, -0.05) is 92.2 Å². The van der Waals surface area contributed by atoms with Crippen LogP contribution in [0.5, 0.6) is 5.75 Å². The van der Waals surface area contributed by atoms with Crippen LogP contribution in [0.4, 0.5) is 4.39 Å². The summed E-state index contributed by atoms with van der Waals surface area (Å²) in [5.74, 6) is 0.449. The third-order valence-corrected chi connectivity index (χ3v) is 6.77. The third kappa shape index (κ3) is 5.30. The predicted molar refractivity (Wildman–Crippen MR) is 150 cm³/mol. The van der Waals surface area contributed by atoms with E-state index in [1.807, 2.05) is 66.7 Å². The van der Waals surface area contributed by atoms with E-state index in [2.05, 4.69) is 41.8 Å². The first-order valence-electron chi connectivity index (χ1n) is 13.0. The highest BCUT2D eigenvalue weighted by Crippen LogP contribution is 2.39. The molecular weight excluding hydrogens is 461 g/mol. The Bertz CT molecular complexity index is 1470. The molecule has 5 aromatic rings. The van der Waals surface area contributed by atoms with Crippen molar-refractivity contribution >= 4 is 10.9 Å². The predicted octanol–water partition coefficient (Wildman–Crippen LogP) is 7.88. The fourth-order valence-corrected chi connectivity index (χ4v) is 4.83. The van der Waals surface area contributed by atoms with E-state index in [-0.39, 0.29) is 12.4 Å². The summed E-state index contributed by atoms with van der Waals surface area (Å²) in [6.07, 6.45) is 2.63. The highest BCUT2D eigenvalue weighted by Gasteiger charge is 2.22. The Morgan fingerprint density at radius 1 is 0.811 bits per heavy atom. The molecule has 0 unspecified atom stereocenters. The van der Waals surface area contributed by atoms with Crippen LogP contribution in [0.1, 0.15) is 30.9 Å². The molecule has 0 saturated heterocycles. The molecule has 1 N–H and O–H groups in total. The van der Waals surface area contributed by atoms with Crippen molar-refractivity contribution in [3.63, 3.8) is 0 Å². The number of hydrogen-bond acceptors (Lipinski definition) is 2. The standard InChI is InChI=1S/C33H32FNO2/c1-2-3-21-37-27-17-18-31-30(22-27)32(34)33(35(31)23-25-15-13-24(14-16-25)19-20-36)29-12-8-7-11-28(29)26-9-5-4-6-10-26/h4-18,22,36H,2-3,19-21,23H2,1H3. The number of aromatic nitrogens is 1. The van der Waals surface area contributed by atoms with Crippen LogP contribution >= 0.6 is 0 Å². The Kier molecular flexibility index (Phi) is 7.67. The number of aliphatic hydroxyl groups is 1. The molecule has 3 nitrogen and oxygen atoms in total. The average Bonchev–Trinajstić information content (AvgIpc) is 3.21.